The van der Waals surface area contributed by atoms with Crippen LogP contribution in [0.25, 0.3) is 33.2 Å². The molecule has 6 rings (SSSR count). The van der Waals surface area contributed by atoms with Crippen LogP contribution < -0.4 is 10.6 Å². The van der Waals surface area contributed by atoms with Crippen molar-refractivity contribution < 1.29 is 19.2 Å². The van der Waals surface area contributed by atoms with Gasteiger partial charge in [-0.25, -0.2) is 9.97 Å². The number of carbonyl (C=O) groups is 4. The summed E-state index contributed by atoms with van der Waals surface area (Å²) in [6.07, 6.45) is 3.35. The minimum atomic E-state index is -0.574. The molecule has 48 heavy (non-hydrogen) atoms. The van der Waals surface area contributed by atoms with Crippen molar-refractivity contribution in [1.29, 1.82) is 0 Å². The highest BCUT2D eigenvalue weighted by Crippen LogP contribution is 2.35. The monoisotopic (exact) mass is 654 g/mol. The molecular weight excluding hydrogens is 608 g/mol. The summed E-state index contributed by atoms with van der Waals surface area (Å²) in [6, 6.07) is 10.7. The molecule has 12 nitrogen and oxygen atoms in total. The van der Waals surface area contributed by atoms with E-state index in [0.717, 1.165) is 70.5 Å². The first kappa shape index (κ1) is 33.2. The van der Waals surface area contributed by atoms with Crippen LogP contribution in [0.1, 0.15) is 91.0 Å². The Morgan fingerprint density at radius 3 is 1.44 bits per heavy atom. The zero-order valence-corrected chi connectivity index (χ0v) is 28.6. The Hall–Kier alpha value is -4.74. The summed E-state index contributed by atoms with van der Waals surface area (Å²) < 4.78 is 0. The van der Waals surface area contributed by atoms with E-state index in [1.165, 1.54) is 13.8 Å². The molecule has 4 heterocycles. The molecule has 4 N–H and O–H groups in total. The van der Waals surface area contributed by atoms with Crippen molar-refractivity contribution in [3.63, 3.8) is 0 Å². The van der Waals surface area contributed by atoms with E-state index < -0.39 is 12.1 Å². The van der Waals surface area contributed by atoms with Gasteiger partial charge < -0.3 is 30.4 Å². The maximum atomic E-state index is 13.5. The summed E-state index contributed by atoms with van der Waals surface area (Å²) in [5, 5.41) is 5.67. The van der Waals surface area contributed by atoms with E-state index in [0.29, 0.717) is 13.1 Å². The van der Waals surface area contributed by atoms with Crippen LogP contribution in [0, 0.1) is 11.8 Å². The van der Waals surface area contributed by atoms with Gasteiger partial charge in [0.15, 0.2) is 0 Å². The first-order valence-electron chi connectivity index (χ1n) is 17.1. The molecule has 4 atom stereocenters. The average molecular weight is 655 g/mol. The summed E-state index contributed by atoms with van der Waals surface area (Å²) in [5.74, 6) is 0.858. The van der Waals surface area contributed by atoms with Gasteiger partial charge in [-0.1, -0.05) is 39.8 Å². The van der Waals surface area contributed by atoms with Crippen LogP contribution in [-0.4, -0.2) is 78.5 Å². The van der Waals surface area contributed by atoms with Crippen molar-refractivity contribution in [1.82, 2.24) is 40.4 Å². The molecule has 0 aliphatic carbocycles. The van der Waals surface area contributed by atoms with Crippen LogP contribution >= 0.6 is 0 Å². The molecule has 0 saturated carbocycles. The van der Waals surface area contributed by atoms with E-state index >= 15 is 0 Å². The minimum absolute atomic E-state index is 0.0314. The van der Waals surface area contributed by atoms with Crippen molar-refractivity contribution >= 4 is 45.7 Å². The number of likely N-dealkylation sites (tertiary alicyclic amines) is 2. The summed E-state index contributed by atoms with van der Waals surface area (Å²) in [5.41, 5.74) is 5.43. The van der Waals surface area contributed by atoms with Gasteiger partial charge in [0.1, 0.15) is 23.7 Å². The molecular formula is C36H46N8O4. The Balaban J connectivity index is 1.23. The number of aromatic nitrogens is 4. The predicted octanol–water partition coefficient (Wildman–Crippen LogP) is 4.75. The third-order valence-electron chi connectivity index (χ3n) is 9.62. The number of imidazole rings is 2. The number of benzene rings is 2. The number of hydrogen-bond acceptors (Lipinski definition) is 6. The lowest BCUT2D eigenvalue weighted by molar-refractivity contribution is -0.138. The van der Waals surface area contributed by atoms with Crippen molar-refractivity contribution in [2.75, 3.05) is 13.1 Å². The van der Waals surface area contributed by atoms with E-state index in [1.54, 1.807) is 0 Å². The summed E-state index contributed by atoms with van der Waals surface area (Å²) in [4.78, 5) is 71.1. The van der Waals surface area contributed by atoms with Crippen molar-refractivity contribution in [2.24, 2.45) is 11.8 Å². The van der Waals surface area contributed by atoms with Crippen LogP contribution in [0.2, 0.25) is 0 Å². The Morgan fingerprint density at radius 2 is 1.08 bits per heavy atom. The van der Waals surface area contributed by atoms with Gasteiger partial charge in [-0.05, 0) is 72.9 Å². The lowest BCUT2D eigenvalue weighted by atomic mass is 10.0. The summed E-state index contributed by atoms with van der Waals surface area (Å²) in [7, 11) is 0. The van der Waals surface area contributed by atoms with Gasteiger partial charge in [0.25, 0.3) is 0 Å². The van der Waals surface area contributed by atoms with Gasteiger partial charge in [0, 0.05) is 26.9 Å². The third kappa shape index (κ3) is 6.52. The fourth-order valence-electron chi connectivity index (χ4n) is 7.19. The Bertz CT molecular complexity index is 1720. The molecule has 0 unspecified atom stereocenters. The number of hydrogen-bond donors (Lipinski definition) is 4. The number of nitrogens with one attached hydrogen (secondary N) is 4. The van der Waals surface area contributed by atoms with Gasteiger partial charge >= 0.3 is 0 Å². The molecule has 0 spiro atoms. The Kier molecular flexibility index (Phi) is 9.26. The number of amides is 4. The van der Waals surface area contributed by atoms with Crippen LogP contribution in [-0.2, 0) is 19.2 Å². The normalized spacial score (nSPS) is 19.4. The van der Waals surface area contributed by atoms with E-state index in [2.05, 4.69) is 32.7 Å². The maximum Gasteiger partial charge on any atom is 0.246 e. The first-order chi connectivity index (χ1) is 22.9. The van der Waals surface area contributed by atoms with Crippen LogP contribution in [0.5, 0.6) is 0 Å². The first-order valence-corrected chi connectivity index (χ1v) is 17.1. The zero-order chi connectivity index (χ0) is 34.3. The summed E-state index contributed by atoms with van der Waals surface area (Å²) >= 11 is 0. The van der Waals surface area contributed by atoms with Gasteiger partial charge in [-0.2, -0.15) is 0 Å². The van der Waals surface area contributed by atoms with Crippen molar-refractivity contribution in [2.45, 2.75) is 91.4 Å². The Labute approximate surface area is 280 Å². The number of H-pyrrole nitrogens is 2. The minimum Gasteiger partial charge on any atom is -0.344 e. The van der Waals surface area contributed by atoms with Gasteiger partial charge in [-0.3, -0.25) is 19.2 Å². The second-order valence-corrected chi connectivity index (χ2v) is 13.9. The van der Waals surface area contributed by atoms with E-state index in [4.69, 9.17) is 9.97 Å². The highest BCUT2D eigenvalue weighted by molar-refractivity contribution is 5.89. The van der Waals surface area contributed by atoms with Crippen molar-refractivity contribution in [3.8, 4) is 11.1 Å². The van der Waals surface area contributed by atoms with Gasteiger partial charge in [0.2, 0.25) is 23.6 Å². The average Bonchev–Trinajstić information content (AvgIpc) is 3.85. The smallest absolute Gasteiger partial charge is 0.246 e. The Morgan fingerprint density at radius 1 is 0.688 bits per heavy atom. The van der Waals surface area contributed by atoms with Gasteiger partial charge in [0.05, 0.1) is 34.2 Å². The number of rotatable bonds is 9. The van der Waals surface area contributed by atoms with E-state index in [1.807, 2.05) is 61.8 Å². The molecule has 254 valence electrons. The molecule has 0 bridgehead atoms. The highest BCUT2D eigenvalue weighted by atomic mass is 16.2. The molecule has 4 aromatic rings. The molecule has 12 heteroatoms. The SMILES string of the molecule is CC(=O)N[C@H](C(=O)N1CCC[C@H]1c1nc2ccc(-c3ccc4nc([C@@H]5CCCN5C(=O)[C@H](NC(C)=O)C(C)C)[nH]c4c3)cc2[nH]1)C(C)C. The molecule has 2 saturated heterocycles. The topological polar surface area (TPSA) is 156 Å². The predicted molar refractivity (Wildman–Crippen MR) is 183 cm³/mol. The van der Waals surface area contributed by atoms with Crippen LogP contribution in [0.3, 0.4) is 0 Å². The fourth-order valence-corrected chi connectivity index (χ4v) is 7.19. The standard InChI is InChI=1S/C36H46N8O4/c1-19(2)31(37-21(5)45)35(47)43-15-7-9-29(43)33-39-25-13-11-23(17-27(25)41-33)24-12-14-26-28(18-24)42-34(40-26)30-10-8-16-44(30)36(48)32(20(3)4)38-22(6)46/h11-14,17-20,29-32H,7-10,15-16H2,1-6H3,(H,37,45)(H,38,46)(H,39,41)(H,40,42)/t29-,30-,31-,32+/m0/s1. The molecule has 2 aliphatic heterocycles. The van der Waals surface area contributed by atoms with E-state index in [-0.39, 0.29) is 47.5 Å². The van der Waals surface area contributed by atoms with E-state index in [9.17, 15) is 19.2 Å². The zero-order valence-electron chi connectivity index (χ0n) is 28.6. The highest BCUT2D eigenvalue weighted by Gasteiger charge is 2.38. The second-order valence-electron chi connectivity index (χ2n) is 13.9. The number of carbonyl (C=O) groups excluding carboxylic acids is 4. The number of nitrogens with zero attached hydrogens (tertiary/aromatic N) is 4. The largest absolute Gasteiger partial charge is 0.344 e. The molecule has 2 aromatic carbocycles. The maximum absolute atomic E-state index is 13.5. The summed E-state index contributed by atoms with van der Waals surface area (Å²) in [6.45, 7) is 11.9. The lowest BCUT2D eigenvalue weighted by Crippen LogP contribution is -2.50. The molecule has 2 aromatic heterocycles. The third-order valence-corrected chi connectivity index (χ3v) is 9.62. The molecule has 0 radical (unpaired) electrons. The molecule has 4 amide bonds. The fraction of sp³-hybridized carbons (Fsp3) is 0.500. The number of fused-ring (bicyclic) bond motifs is 2. The lowest BCUT2D eigenvalue weighted by Gasteiger charge is -2.30. The molecule has 2 aliphatic rings. The molecule has 2 fully saturated rings. The van der Waals surface area contributed by atoms with Crippen molar-refractivity contribution in [3.05, 3.63) is 48.0 Å². The second kappa shape index (κ2) is 13.4. The van der Waals surface area contributed by atoms with Crippen LogP contribution in [0.4, 0.5) is 0 Å². The quantitative estimate of drug-likeness (QED) is 0.204. The van der Waals surface area contributed by atoms with Gasteiger partial charge in [-0.15, -0.1) is 0 Å². The number of aromatic amines is 2. The van der Waals surface area contributed by atoms with Crippen LogP contribution in [0.15, 0.2) is 36.4 Å².